The minimum absolute atomic E-state index is 0.0444. The van der Waals surface area contributed by atoms with E-state index in [0.29, 0.717) is 5.02 Å². The van der Waals surface area contributed by atoms with E-state index in [2.05, 4.69) is 15.9 Å². The van der Waals surface area contributed by atoms with Crippen LogP contribution in [0.2, 0.25) is 5.02 Å². The van der Waals surface area contributed by atoms with Crippen LogP contribution in [0.4, 0.5) is 0 Å². The van der Waals surface area contributed by atoms with Crippen LogP contribution in [0.3, 0.4) is 0 Å². The Hall–Kier alpha value is -0.0600. The highest BCUT2D eigenvalue weighted by molar-refractivity contribution is 9.10. The zero-order chi connectivity index (χ0) is 10.1. The number of rotatable bonds is 2. The third-order valence-electron chi connectivity index (χ3n) is 1.41. The average molecular weight is 284 g/mol. The van der Waals surface area contributed by atoms with Gasteiger partial charge in [-0.15, -0.1) is 0 Å². The molecule has 0 bridgehead atoms. The summed E-state index contributed by atoms with van der Waals surface area (Å²) >= 11 is 8.98. The fraction of sp³-hybridized carbons (Fsp3) is 0.250. The van der Waals surface area contributed by atoms with E-state index in [-0.39, 0.29) is 5.75 Å². The standard InChI is InChI=1S/C8H8BrClO2S/c1-13(11,12)5-6-2-3-8(10)7(9)4-6/h2-4H,5H2,1H3. The van der Waals surface area contributed by atoms with Gasteiger partial charge in [0, 0.05) is 10.7 Å². The van der Waals surface area contributed by atoms with Gasteiger partial charge in [0.25, 0.3) is 0 Å². The SMILES string of the molecule is CS(=O)(=O)Cc1ccc(Cl)c(Br)c1. The zero-order valence-electron chi connectivity index (χ0n) is 6.92. The highest BCUT2D eigenvalue weighted by Gasteiger charge is 2.05. The zero-order valence-corrected chi connectivity index (χ0v) is 10.1. The summed E-state index contributed by atoms with van der Waals surface area (Å²) in [6, 6.07) is 5.09. The Morgan fingerprint density at radius 1 is 1.46 bits per heavy atom. The van der Waals surface area contributed by atoms with Crippen molar-refractivity contribution in [3.8, 4) is 0 Å². The van der Waals surface area contributed by atoms with Gasteiger partial charge in [0.2, 0.25) is 0 Å². The summed E-state index contributed by atoms with van der Waals surface area (Å²) in [5.74, 6) is 0.0444. The normalized spacial score (nSPS) is 11.6. The van der Waals surface area contributed by atoms with Crippen LogP contribution in [0.15, 0.2) is 22.7 Å². The maximum absolute atomic E-state index is 10.9. The Balaban J connectivity index is 2.99. The molecule has 0 amide bonds. The van der Waals surface area contributed by atoms with Crippen molar-refractivity contribution in [3.63, 3.8) is 0 Å². The minimum Gasteiger partial charge on any atom is -0.229 e. The van der Waals surface area contributed by atoms with Crippen molar-refractivity contribution in [1.82, 2.24) is 0 Å². The van der Waals surface area contributed by atoms with Gasteiger partial charge in [-0.3, -0.25) is 0 Å². The van der Waals surface area contributed by atoms with Crippen molar-refractivity contribution in [2.45, 2.75) is 5.75 Å². The first-order valence-electron chi connectivity index (χ1n) is 3.50. The number of benzene rings is 1. The lowest BCUT2D eigenvalue weighted by Gasteiger charge is -2.01. The number of halogens is 2. The highest BCUT2D eigenvalue weighted by Crippen LogP contribution is 2.23. The summed E-state index contributed by atoms with van der Waals surface area (Å²) in [6.07, 6.45) is 1.20. The van der Waals surface area contributed by atoms with E-state index in [0.717, 1.165) is 10.0 Å². The molecule has 5 heteroatoms. The monoisotopic (exact) mass is 282 g/mol. The number of hydrogen-bond acceptors (Lipinski definition) is 2. The molecule has 0 N–H and O–H groups in total. The first kappa shape index (κ1) is 11.0. The topological polar surface area (TPSA) is 34.1 Å². The van der Waals surface area contributed by atoms with Crippen LogP contribution in [0, 0.1) is 0 Å². The predicted octanol–water partition coefficient (Wildman–Crippen LogP) is 2.65. The average Bonchev–Trinajstić information content (AvgIpc) is 1.94. The molecule has 0 saturated carbocycles. The van der Waals surface area contributed by atoms with Crippen molar-refractivity contribution < 1.29 is 8.42 Å². The maximum atomic E-state index is 10.9. The Labute approximate surface area is 91.0 Å². The summed E-state index contributed by atoms with van der Waals surface area (Å²) in [5, 5.41) is 0.581. The molecule has 0 fully saturated rings. The van der Waals surface area contributed by atoms with E-state index in [9.17, 15) is 8.42 Å². The summed E-state index contributed by atoms with van der Waals surface area (Å²) < 4.78 is 22.6. The van der Waals surface area contributed by atoms with Gasteiger partial charge >= 0.3 is 0 Å². The molecular weight excluding hydrogens is 276 g/mol. The van der Waals surface area contributed by atoms with Crippen LogP contribution < -0.4 is 0 Å². The molecule has 0 spiro atoms. The second-order valence-electron chi connectivity index (χ2n) is 2.82. The molecule has 1 rings (SSSR count). The highest BCUT2D eigenvalue weighted by atomic mass is 79.9. The van der Waals surface area contributed by atoms with Gasteiger partial charge in [-0.25, -0.2) is 8.42 Å². The van der Waals surface area contributed by atoms with Crippen molar-refractivity contribution in [3.05, 3.63) is 33.3 Å². The second kappa shape index (κ2) is 3.98. The molecule has 0 aliphatic heterocycles. The third kappa shape index (κ3) is 3.67. The van der Waals surface area contributed by atoms with E-state index >= 15 is 0 Å². The molecular formula is C8H8BrClO2S. The van der Waals surface area contributed by atoms with E-state index < -0.39 is 9.84 Å². The molecule has 2 nitrogen and oxygen atoms in total. The number of hydrogen-bond donors (Lipinski definition) is 0. The van der Waals surface area contributed by atoms with Gasteiger partial charge in [-0.05, 0) is 33.6 Å². The molecule has 0 aromatic heterocycles. The fourth-order valence-electron chi connectivity index (χ4n) is 0.932. The molecule has 0 unspecified atom stereocenters. The van der Waals surface area contributed by atoms with Crippen molar-refractivity contribution in [2.24, 2.45) is 0 Å². The summed E-state index contributed by atoms with van der Waals surface area (Å²) in [6.45, 7) is 0. The fourth-order valence-corrected chi connectivity index (χ4v) is 2.26. The first-order valence-corrected chi connectivity index (χ1v) is 6.73. The summed E-state index contributed by atoms with van der Waals surface area (Å²) in [7, 11) is -2.97. The van der Waals surface area contributed by atoms with Crippen LogP contribution in [-0.2, 0) is 15.6 Å². The maximum Gasteiger partial charge on any atom is 0.151 e. The van der Waals surface area contributed by atoms with Gasteiger partial charge in [0.1, 0.15) is 0 Å². The molecule has 0 aliphatic carbocycles. The van der Waals surface area contributed by atoms with E-state index in [1.54, 1.807) is 18.2 Å². The molecule has 0 aliphatic rings. The van der Waals surface area contributed by atoms with Crippen LogP contribution in [0.5, 0.6) is 0 Å². The van der Waals surface area contributed by atoms with E-state index in [1.807, 2.05) is 0 Å². The third-order valence-corrected chi connectivity index (χ3v) is 3.48. The molecule has 1 aromatic carbocycles. The lowest BCUT2D eigenvalue weighted by atomic mass is 10.2. The lowest BCUT2D eigenvalue weighted by Crippen LogP contribution is -2.00. The Bertz CT molecular complexity index is 414. The minimum atomic E-state index is -2.97. The largest absolute Gasteiger partial charge is 0.229 e. The Kier molecular flexibility index (Phi) is 3.38. The molecule has 0 saturated heterocycles. The molecule has 13 heavy (non-hydrogen) atoms. The van der Waals surface area contributed by atoms with Gasteiger partial charge in [-0.1, -0.05) is 17.7 Å². The van der Waals surface area contributed by atoms with Crippen LogP contribution in [-0.4, -0.2) is 14.7 Å². The molecule has 0 heterocycles. The molecule has 0 radical (unpaired) electrons. The van der Waals surface area contributed by atoms with Crippen molar-refractivity contribution in [2.75, 3.05) is 6.26 Å². The second-order valence-corrected chi connectivity index (χ2v) is 6.22. The van der Waals surface area contributed by atoms with Crippen LogP contribution >= 0.6 is 27.5 Å². The van der Waals surface area contributed by atoms with E-state index in [1.165, 1.54) is 6.26 Å². The molecule has 0 atom stereocenters. The first-order chi connectivity index (χ1) is 5.88. The molecule has 72 valence electrons. The smallest absolute Gasteiger partial charge is 0.151 e. The van der Waals surface area contributed by atoms with Crippen LogP contribution in [0.1, 0.15) is 5.56 Å². The summed E-state index contributed by atoms with van der Waals surface area (Å²) in [4.78, 5) is 0. The summed E-state index contributed by atoms with van der Waals surface area (Å²) in [5.41, 5.74) is 0.735. The predicted molar refractivity (Wildman–Crippen MR) is 57.7 cm³/mol. The van der Waals surface area contributed by atoms with Crippen molar-refractivity contribution in [1.29, 1.82) is 0 Å². The Morgan fingerprint density at radius 2 is 2.08 bits per heavy atom. The Morgan fingerprint density at radius 3 is 2.54 bits per heavy atom. The quantitative estimate of drug-likeness (QED) is 0.836. The van der Waals surface area contributed by atoms with Crippen LogP contribution in [0.25, 0.3) is 0 Å². The van der Waals surface area contributed by atoms with Gasteiger partial charge in [0.15, 0.2) is 9.84 Å². The number of sulfone groups is 1. The lowest BCUT2D eigenvalue weighted by molar-refractivity contribution is 0.601. The van der Waals surface area contributed by atoms with Crippen molar-refractivity contribution >= 4 is 37.4 Å². The van der Waals surface area contributed by atoms with Gasteiger partial charge in [0.05, 0.1) is 10.8 Å². The molecule has 1 aromatic rings. The van der Waals surface area contributed by atoms with Gasteiger partial charge in [-0.2, -0.15) is 0 Å². The van der Waals surface area contributed by atoms with E-state index in [4.69, 9.17) is 11.6 Å². The van der Waals surface area contributed by atoms with Gasteiger partial charge < -0.3 is 0 Å².